The highest BCUT2D eigenvalue weighted by molar-refractivity contribution is 7.14. The Morgan fingerprint density at radius 3 is 1.59 bits per heavy atom. The first kappa shape index (κ1) is 21.9. The molecule has 0 spiro atoms. The van der Waals surface area contributed by atoms with Crippen molar-refractivity contribution in [3.05, 3.63) is 45.7 Å². The van der Waals surface area contributed by atoms with Gasteiger partial charge in [-0.2, -0.15) is 8.75 Å². The maximum absolute atomic E-state index is 15.1. The van der Waals surface area contributed by atoms with E-state index in [0.29, 0.717) is 33.6 Å². The van der Waals surface area contributed by atoms with Crippen LogP contribution in [-0.4, -0.2) is 32.2 Å². The normalized spacial score (nSPS) is 11.0. The van der Waals surface area contributed by atoms with E-state index in [4.69, 9.17) is 10.2 Å². The van der Waals surface area contributed by atoms with Crippen LogP contribution in [0.5, 0.6) is 0 Å². The van der Waals surface area contributed by atoms with E-state index < -0.39 is 11.6 Å². The molecule has 0 radical (unpaired) electrons. The van der Waals surface area contributed by atoms with Crippen molar-refractivity contribution in [2.75, 3.05) is 13.2 Å². The van der Waals surface area contributed by atoms with Crippen LogP contribution in [0.25, 0.3) is 31.9 Å². The molecule has 0 saturated heterocycles. The maximum atomic E-state index is 15.1. The lowest BCUT2D eigenvalue weighted by Gasteiger charge is -2.08. The molecule has 0 aliphatic rings. The quantitative estimate of drug-likeness (QED) is 0.402. The molecule has 9 heteroatoms. The molecular weight excluding hydrogens is 434 g/mol. The van der Waals surface area contributed by atoms with Gasteiger partial charge in [-0.3, -0.25) is 0 Å². The van der Waals surface area contributed by atoms with Gasteiger partial charge in [0.1, 0.15) is 11.0 Å². The van der Waals surface area contributed by atoms with E-state index in [2.05, 4.69) is 8.75 Å². The highest BCUT2D eigenvalue weighted by Crippen LogP contribution is 2.42. The number of fused-ring (bicyclic) bond motifs is 1. The highest BCUT2D eigenvalue weighted by Gasteiger charge is 2.26. The molecule has 0 atom stereocenters. The minimum Gasteiger partial charge on any atom is -0.396 e. The number of hydrogen-bond donors (Lipinski definition) is 2. The van der Waals surface area contributed by atoms with Crippen LogP contribution in [0.15, 0.2) is 22.9 Å². The highest BCUT2D eigenvalue weighted by atomic mass is 32.1. The van der Waals surface area contributed by atoms with Gasteiger partial charge in [-0.15, -0.1) is 22.7 Å². The molecule has 29 heavy (non-hydrogen) atoms. The Morgan fingerprint density at radius 1 is 0.793 bits per heavy atom. The Kier molecular flexibility index (Phi) is 7.42. The van der Waals surface area contributed by atoms with Gasteiger partial charge < -0.3 is 10.2 Å². The first-order chi connectivity index (χ1) is 14.1. The fourth-order valence-electron chi connectivity index (χ4n) is 2.93. The van der Waals surface area contributed by atoms with Crippen LogP contribution in [0.3, 0.4) is 0 Å². The van der Waals surface area contributed by atoms with Crippen molar-refractivity contribution in [1.82, 2.24) is 8.75 Å². The van der Waals surface area contributed by atoms with Gasteiger partial charge in [0.25, 0.3) is 0 Å². The van der Waals surface area contributed by atoms with Gasteiger partial charge in [0.15, 0.2) is 11.6 Å². The van der Waals surface area contributed by atoms with E-state index >= 15 is 8.78 Å². The molecule has 4 aromatic rings. The van der Waals surface area contributed by atoms with Crippen molar-refractivity contribution in [1.29, 1.82) is 0 Å². The molecule has 0 amide bonds. The third-order valence-electron chi connectivity index (χ3n) is 4.20. The Labute approximate surface area is 179 Å². The third-order valence-corrected chi connectivity index (χ3v) is 6.72. The van der Waals surface area contributed by atoms with Crippen molar-refractivity contribution in [2.24, 2.45) is 0 Å². The molecule has 1 aromatic carbocycles. The Hall–Kier alpha value is -1.78. The summed E-state index contributed by atoms with van der Waals surface area (Å²) in [6.45, 7) is 3.99. The van der Waals surface area contributed by atoms with Crippen molar-refractivity contribution in [3.63, 3.8) is 0 Å². The average Bonchev–Trinajstić information content (AvgIpc) is 3.47. The summed E-state index contributed by atoms with van der Waals surface area (Å²) in [6.07, 6.45) is 0.917. The number of benzene rings is 1. The van der Waals surface area contributed by atoms with Crippen molar-refractivity contribution >= 4 is 45.4 Å². The molecule has 3 aromatic heterocycles. The second kappa shape index (κ2) is 9.82. The summed E-state index contributed by atoms with van der Waals surface area (Å²) in [5.41, 5.74) is 2.63. The van der Waals surface area contributed by atoms with Crippen LogP contribution in [0.2, 0.25) is 0 Å². The van der Waals surface area contributed by atoms with Gasteiger partial charge in [0.05, 0.1) is 22.9 Å². The molecule has 0 unspecified atom stereocenters. The summed E-state index contributed by atoms with van der Waals surface area (Å²) >= 11 is 3.50. The molecule has 0 aliphatic carbocycles. The standard InChI is InChI=1S/C18H14F2N2O2S3.C2H6/c19-15-13(11-5-9(1-3-23)7-25-11)17-18(22-27-21-17)14(16(15)20)12-6-10(2-4-24)8-26-12;1-2/h5-8,23-24H,1-4H2;1-2H3. The Morgan fingerprint density at radius 2 is 1.21 bits per heavy atom. The van der Waals surface area contributed by atoms with Crippen molar-refractivity contribution < 1.29 is 19.0 Å². The fraction of sp³-hybridized carbons (Fsp3) is 0.300. The van der Waals surface area contributed by atoms with Gasteiger partial charge in [-0.05, 0) is 46.9 Å². The van der Waals surface area contributed by atoms with Crippen LogP contribution >= 0.6 is 34.4 Å². The molecular formula is C20H20F2N2O2S3. The minimum atomic E-state index is -0.945. The van der Waals surface area contributed by atoms with Gasteiger partial charge in [-0.25, -0.2) is 8.78 Å². The Bertz CT molecular complexity index is 1020. The predicted molar refractivity (Wildman–Crippen MR) is 117 cm³/mol. The zero-order valence-electron chi connectivity index (χ0n) is 15.9. The summed E-state index contributed by atoms with van der Waals surface area (Å²) in [6, 6.07) is 3.50. The van der Waals surface area contributed by atoms with Crippen LogP contribution in [0, 0.1) is 11.6 Å². The topological polar surface area (TPSA) is 66.2 Å². The van der Waals surface area contributed by atoms with Gasteiger partial charge in [0.2, 0.25) is 0 Å². The number of hydrogen-bond acceptors (Lipinski definition) is 7. The summed E-state index contributed by atoms with van der Waals surface area (Å²) in [5, 5.41) is 21.8. The first-order valence-corrected chi connectivity index (χ1v) is 11.6. The second-order valence-electron chi connectivity index (χ2n) is 5.93. The zero-order valence-corrected chi connectivity index (χ0v) is 18.4. The largest absolute Gasteiger partial charge is 0.396 e. The predicted octanol–water partition coefficient (Wildman–Crippen LogP) is 5.52. The fourth-order valence-corrected chi connectivity index (χ4v) is 5.46. The summed E-state index contributed by atoms with van der Waals surface area (Å²) in [5.74, 6) is -1.89. The van der Waals surface area contributed by atoms with Crippen LogP contribution in [0.1, 0.15) is 25.0 Å². The van der Waals surface area contributed by atoms with Gasteiger partial charge in [-0.1, -0.05) is 13.8 Å². The van der Waals surface area contributed by atoms with Gasteiger partial charge in [0, 0.05) is 23.0 Å². The van der Waals surface area contributed by atoms with Crippen molar-refractivity contribution in [2.45, 2.75) is 26.7 Å². The lowest BCUT2D eigenvalue weighted by atomic mass is 10.0. The van der Waals surface area contributed by atoms with E-state index in [1.54, 1.807) is 12.1 Å². The summed E-state index contributed by atoms with van der Waals surface area (Å²) in [4.78, 5) is 1.12. The molecule has 0 saturated carbocycles. The monoisotopic (exact) mass is 454 g/mol. The number of aliphatic hydroxyl groups is 2. The van der Waals surface area contributed by atoms with Gasteiger partial charge >= 0.3 is 0 Å². The first-order valence-electron chi connectivity index (χ1n) is 9.14. The van der Waals surface area contributed by atoms with E-state index in [9.17, 15) is 0 Å². The summed E-state index contributed by atoms with van der Waals surface area (Å²) < 4.78 is 38.6. The SMILES string of the molecule is CC.OCCc1csc(-c2c(F)c(F)c(-c3cc(CCO)cs3)c3nsnc23)c1. The van der Waals surface area contributed by atoms with E-state index in [1.165, 1.54) is 22.7 Å². The second-order valence-corrected chi connectivity index (χ2v) is 8.28. The number of rotatable bonds is 6. The number of aromatic nitrogens is 2. The molecule has 0 aliphatic heterocycles. The minimum absolute atomic E-state index is 0.00578. The molecule has 4 nitrogen and oxygen atoms in total. The van der Waals surface area contributed by atoms with Crippen LogP contribution in [0.4, 0.5) is 8.78 Å². The van der Waals surface area contributed by atoms with E-state index in [-0.39, 0.29) is 24.3 Å². The number of aliphatic hydroxyl groups excluding tert-OH is 2. The molecule has 3 heterocycles. The zero-order chi connectivity index (χ0) is 21.0. The maximum Gasteiger partial charge on any atom is 0.170 e. The van der Waals surface area contributed by atoms with E-state index in [1.807, 2.05) is 24.6 Å². The lowest BCUT2D eigenvalue weighted by Crippen LogP contribution is -1.96. The summed E-state index contributed by atoms with van der Waals surface area (Å²) in [7, 11) is 0. The molecule has 4 rings (SSSR count). The van der Waals surface area contributed by atoms with Crippen molar-refractivity contribution in [3.8, 4) is 20.9 Å². The number of thiophene rings is 2. The average molecular weight is 455 g/mol. The van der Waals surface area contributed by atoms with Crippen LogP contribution < -0.4 is 0 Å². The Balaban J connectivity index is 0.00000117. The molecule has 0 bridgehead atoms. The number of halogens is 2. The van der Waals surface area contributed by atoms with Crippen LogP contribution in [-0.2, 0) is 12.8 Å². The molecule has 0 fully saturated rings. The number of nitrogens with zero attached hydrogens (tertiary/aromatic N) is 2. The van der Waals surface area contributed by atoms with E-state index in [0.717, 1.165) is 22.9 Å². The smallest absolute Gasteiger partial charge is 0.170 e. The lowest BCUT2D eigenvalue weighted by molar-refractivity contribution is 0.299. The molecule has 2 N–H and O–H groups in total. The molecule has 154 valence electrons. The third kappa shape index (κ3) is 4.24.